The first-order valence-corrected chi connectivity index (χ1v) is 32.8. The number of imidazole rings is 1. The Morgan fingerprint density at radius 3 is 1.34 bits per heavy atom. The summed E-state index contributed by atoms with van der Waals surface area (Å²) in [6.07, 6.45) is 19.0. The average molecular weight is 1280 g/mol. The summed E-state index contributed by atoms with van der Waals surface area (Å²) in [7, 11) is 0. The number of guanidine groups is 2. The monoisotopic (exact) mass is 1280 g/mol. The molecule has 0 fully saturated rings. The molecule has 1 aromatic heterocycles. The van der Waals surface area contributed by atoms with Gasteiger partial charge in [-0.2, -0.15) is 0 Å². The van der Waals surface area contributed by atoms with Gasteiger partial charge in [-0.3, -0.25) is 53.1 Å². The Kier molecular flexibility index (Phi) is 39.6. The summed E-state index contributed by atoms with van der Waals surface area (Å²) in [5.41, 5.74) is 23.5. The van der Waals surface area contributed by atoms with E-state index in [1.54, 1.807) is 37.3 Å². The first-order chi connectivity index (χ1) is 43.3. The lowest BCUT2D eigenvalue weighted by atomic mass is 10.0. The number of nitrogens with zero attached hydrogens (tertiary/aromatic N) is 3. The highest BCUT2D eigenvalue weighted by Gasteiger charge is 2.35. The highest BCUT2D eigenvalue weighted by atomic mass is 16.3. The molecule has 1 heterocycles. The molecule has 0 aliphatic heterocycles. The summed E-state index contributed by atoms with van der Waals surface area (Å²) < 4.78 is 0. The van der Waals surface area contributed by atoms with Gasteiger partial charge >= 0.3 is 0 Å². The predicted molar refractivity (Wildman–Crippen MR) is 353 cm³/mol. The Morgan fingerprint density at radius 1 is 0.473 bits per heavy atom. The summed E-state index contributed by atoms with van der Waals surface area (Å²) in [6.45, 7) is 13.9. The Bertz CT molecular complexity index is 2540. The van der Waals surface area contributed by atoms with E-state index in [1.807, 2.05) is 27.7 Å². The molecule has 9 atom stereocenters. The van der Waals surface area contributed by atoms with E-state index < -0.39 is 102 Å². The van der Waals surface area contributed by atoms with Crippen molar-refractivity contribution in [3.05, 3.63) is 54.1 Å². The van der Waals surface area contributed by atoms with E-state index in [9.17, 15) is 48.3 Å². The van der Waals surface area contributed by atoms with Gasteiger partial charge in [-0.1, -0.05) is 142 Å². The van der Waals surface area contributed by atoms with Crippen molar-refractivity contribution in [3.63, 3.8) is 0 Å². The second-order valence-electron chi connectivity index (χ2n) is 24.6. The Labute approximate surface area is 538 Å². The number of hydrogen-bond acceptors (Lipinski definition) is 13. The van der Waals surface area contributed by atoms with Crippen LogP contribution in [0.3, 0.4) is 0 Å². The molecule has 27 nitrogen and oxygen atoms in total. The van der Waals surface area contributed by atoms with Crippen molar-refractivity contribution in [2.45, 2.75) is 251 Å². The van der Waals surface area contributed by atoms with Crippen LogP contribution in [0.1, 0.15) is 195 Å². The Hall–Kier alpha value is -7.84. The van der Waals surface area contributed by atoms with Crippen molar-refractivity contribution >= 4 is 65.1 Å². The molecule has 1 aromatic carbocycles. The number of H-pyrrole nitrogens is 1. The van der Waals surface area contributed by atoms with Crippen LogP contribution in [-0.2, 0) is 56.0 Å². The standard InChI is InChI=1S/C64H111N17O10/c1-9-10-11-12-13-14-15-16-17-18-19-20-24-31-54(83)76-50(34-41(2)3)60(89)75-44(7)55(84)74-45(8)56(85)79-52(36-46-27-22-21-23-28-46)62(91)78-48(29-25-32-70-63(65)66)57(86)77-49(30-26-33-71-64(67)68)58(87)80-51(35-42(4)5)61(90)81-53(37-47-38-69-40-72-47)59(88)73-43(6)39-82/h21-23,27-28,38,40-45,48-53,82H,9-20,24-26,29-37,39H2,1-8H3,(H,69,72)(H,73,88)(H,74,84)(H,75,89)(H,76,83)(H,77,86)(H,78,91)(H,79,85)(H,80,87)(H,81,90)(H4,65,66,70)(H4,67,68,71)/t43-,44+,45+,48+,49+,50+,51+,52+,53+/m1/s1. The van der Waals surface area contributed by atoms with E-state index in [0.29, 0.717) is 24.1 Å². The third kappa shape index (κ3) is 35.4. The first-order valence-electron chi connectivity index (χ1n) is 32.8. The lowest BCUT2D eigenvalue weighted by Gasteiger charge is -2.28. The molecular weight excluding hydrogens is 1170 g/mol. The smallest absolute Gasteiger partial charge is 0.243 e. The number of hydrogen-bond donors (Lipinski definition) is 15. The third-order valence-electron chi connectivity index (χ3n) is 15.1. The van der Waals surface area contributed by atoms with Crippen LogP contribution in [-0.4, -0.2) is 154 Å². The summed E-state index contributed by atoms with van der Waals surface area (Å²) in [6, 6.07) is -1.68. The number of unbranched alkanes of at least 4 members (excludes halogenated alkanes) is 12. The number of benzene rings is 1. The van der Waals surface area contributed by atoms with Gasteiger partial charge in [0.25, 0.3) is 0 Å². The normalized spacial score (nSPS) is 14.1. The van der Waals surface area contributed by atoms with E-state index >= 15 is 0 Å². The van der Waals surface area contributed by atoms with Crippen LogP contribution in [0, 0.1) is 11.8 Å². The number of carbonyl (C=O) groups is 9. The van der Waals surface area contributed by atoms with E-state index in [0.717, 1.165) is 19.3 Å². The van der Waals surface area contributed by atoms with Gasteiger partial charge in [0.15, 0.2) is 11.9 Å². The lowest BCUT2D eigenvalue weighted by Crippen LogP contribution is -2.60. The van der Waals surface area contributed by atoms with Crippen molar-refractivity contribution in [1.29, 1.82) is 0 Å². The van der Waals surface area contributed by atoms with Crippen molar-refractivity contribution < 1.29 is 48.3 Å². The van der Waals surface area contributed by atoms with Crippen LogP contribution < -0.4 is 70.8 Å². The van der Waals surface area contributed by atoms with Gasteiger partial charge < -0.3 is 80.9 Å². The summed E-state index contributed by atoms with van der Waals surface area (Å²) in [5, 5.41) is 34.1. The van der Waals surface area contributed by atoms with Gasteiger partial charge in [0.1, 0.15) is 48.3 Å². The van der Waals surface area contributed by atoms with E-state index in [2.05, 4.69) is 74.7 Å². The maximum absolute atomic E-state index is 14.6. The van der Waals surface area contributed by atoms with Crippen molar-refractivity contribution in [1.82, 2.24) is 57.8 Å². The molecule has 91 heavy (non-hydrogen) atoms. The number of aromatic nitrogens is 2. The molecule has 2 rings (SSSR count). The number of amides is 9. The molecule has 9 amide bonds. The number of carbonyl (C=O) groups excluding carboxylic acids is 9. The lowest BCUT2D eigenvalue weighted by molar-refractivity contribution is -0.136. The largest absolute Gasteiger partial charge is 0.394 e. The molecule has 0 unspecified atom stereocenters. The third-order valence-corrected chi connectivity index (χ3v) is 15.1. The molecule has 0 bridgehead atoms. The fourth-order valence-electron chi connectivity index (χ4n) is 9.96. The van der Waals surface area contributed by atoms with Crippen LogP contribution in [0.15, 0.2) is 52.8 Å². The number of aliphatic hydroxyl groups is 1. The van der Waals surface area contributed by atoms with Crippen molar-refractivity contribution in [2.24, 2.45) is 44.8 Å². The minimum absolute atomic E-state index is 0.00790. The van der Waals surface area contributed by atoms with Crippen molar-refractivity contribution in [2.75, 3.05) is 19.7 Å². The number of nitrogens with one attached hydrogen (secondary N) is 10. The molecule has 0 aliphatic carbocycles. The van der Waals surface area contributed by atoms with Crippen LogP contribution in [0.2, 0.25) is 0 Å². The predicted octanol–water partition coefficient (Wildman–Crippen LogP) is 2.29. The zero-order chi connectivity index (χ0) is 67.7. The SMILES string of the molecule is CCCCCCCCCCCCCCCC(=O)N[C@@H](CC(C)C)C(=O)N[C@@H](C)C(=O)N[C@@H](C)C(=O)N[C@@H](Cc1ccccc1)C(=O)N[C@@H](CCCN=C(N)N)C(=O)N[C@@H](CCCN=C(N)N)C(=O)N[C@@H](CC(C)C)C(=O)N[C@@H](Cc1cnc[nH]1)C(=O)N[C@H](C)CO. The fourth-order valence-corrected chi connectivity index (χ4v) is 9.96. The molecular formula is C64H111N17O10. The fraction of sp³-hybridized carbons (Fsp3) is 0.688. The summed E-state index contributed by atoms with van der Waals surface area (Å²) >= 11 is 0. The summed E-state index contributed by atoms with van der Waals surface area (Å²) in [4.78, 5) is 141. The maximum Gasteiger partial charge on any atom is 0.243 e. The van der Waals surface area contributed by atoms with Crippen LogP contribution in [0.4, 0.5) is 0 Å². The highest BCUT2D eigenvalue weighted by Crippen LogP contribution is 2.15. The second-order valence-corrected chi connectivity index (χ2v) is 24.6. The molecule has 0 saturated carbocycles. The molecule has 0 radical (unpaired) electrons. The van der Waals surface area contributed by atoms with Gasteiger partial charge in [0.05, 0.1) is 12.9 Å². The minimum atomic E-state index is -1.38. The highest BCUT2D eigenvalue weighted by molar-refractivity contribution is 5.98. The number of rotatable bonds is 48. The molecule has 0 aliphatic rings. The van der Waals surface area contributed by atoms with Gasteiger partial charge in [-0.15, -0.1) is 0 Å². The molecule has 0 spiro atoms. The Balaban J connectivity index is 2.30. The van der Waals surface area contributed by atoms with Crippen LogP contribution >= 0.6 is 0 Å². The number of aliphatic hydroxyl groups excluding tert-OH is 1. The van der Waals surface area contributed by atoms with Gasteiger partial charge in [0.2, 0.25) is 53.2 Å². The zero-order valence-corrected chi connectivity index (χ0v) is 55.3. The number of aliphatic imine (C=N–C) groups is 2. The quantitative estimate of drug-likeness (QED) is 0.0257. The van der Waals surface area contributed by atoms with Gasteiger partial charge in [-0.25, -0.2) is 4.98 Å². The van der Waals surface area contributed by atoms with Crippen molar-refractivity contribution in [3.8, 4) is 0 Å². The molecule has 19 N–H and O–H groups in total. The zero-order valence-electron chi connectivity index (χ0n) is 55.3. The Morgan fingerprint density at radius 2 is 0.868 bits per heavy atom. The average Bonchev–Trinajstić information content (AvgIpc) is 2.71. The second kappa shape index (κ2) is 45.4. The molecule has 2 aromatic rings. The molecule has 0 saturated heterocycles. The topological polar surface area (TPSA) is 440 Å². The van der Waals surface area contributed by atoms with E-state index in [4.69, 9.17) is 22.9 Å². The number of aromatic amines is 1. The maximum atomic E-state index is 14.6. The number of nitrogens with two attached hydrogens (primary N) is 4. The molecule has 512 valence electrons. The van der Waals surface area contributed by atoms with E-state index in [-0.39, 0.29) is 101 Å². The van der Waals surface area contributed by atoms with E-state index in [1.165, 1.54) is 84.2 Å². The van der Waals surface area contributed by atoms with Crippen LogP contribution in [0.25, 0.3) is 0 Å². The summed E-state index contributed by atoms with van der Waals surface area (Å²) in [5.74, 6) is -6.57. The molecule has 27 heteroatoms. The minimum Gasteiger partial charge on any atom is -0.394 e. The first kappa shape index (κ1) is 79.3. The van der Waals surface area contributed by atoms with Gasteiger partial charge in [0, 0.05) is 50.3 Å². The van der Waals surface area contributed by atoms with Gasteiger partial charge in [-0.05, 0) is 83.1 Å². The van der Waals surface area contributed by atoms with Crippen LogP contribution in [0.5, 0.6) is 0 Å².